The molecule has 0 spiro atoms. The van der Waals surface area contributed by atoms with Gasteiger partial charge in [0.15, 0.2) is 17.3 Å². The van der Waals surface area contributed by atoms with Crippen LogP contribution in [0.5, 0.6) is 0 Å². The molecule has 4 aromatic rings. The highest BCUT2D eigenvalue weighted by Gasteiger charge is 2.27. The van der Waals surface area contributed by atoms with E-state index in [4.69, 9.17) is 15.7 Å². The maximum atomic E-state index is 15.1. The Bertz CT molecular complexity index is 1670. The first-order chi connectivity index (χ1) is 20.3. The topological polar surface area (TPSA) is 122 Å². The minimum Gasteiger partial charge on any atom is -0.387 e. The van der Waals surface area contributed by atoms with Crippen LogP contribution in [0, 0.1) is 18.7 Å². The van der Waals surface area contributed by atoms with Crippen LogP contribution >= 0.6 is 28.4 Å². The molecule has 4 heterocycles. The Morgan fingerprint density at radius 3 is 2.60 bits per heavy atom. The van der Waals surface area contributed by atoms with Gasteiger partial charge in [0.05, 0.1) is 29.8 Å². The van der Waals surface area contributed by atoms with Crippen molar-refractivity contribution in [3.05, 3.63) is 59.3 Å². The average Bonchev–Trinajstić information content (AvgIpc) is 3.27. The van der Waals surface area contributed by atoms with Crippen molar-refractivity contribution in [3.63, 3.8) is 0 Å². The lowest BCUT2D eigenvalue weighted by Crippen LogP contribution is -2.46. The van der Waals surface area contributed by atoms with Crippen LogP contribution in [0.4, 0.5) is 33.1 Å². The van der Waals surface area contributed by atoms with E-state index in [1.165, 1.54) is 6.07 Å². The van der Waals surface area contributed by atoms with Gasteiger partial charge in [-0.25, -0.2) is 24.3 Å². The summed E-state index contributed by atoms with van der Waals surface area (Å²) in [4.78, 5) is 25.1. The predicted molar refractivity (Wildman–Crippen MR) is 182 cm³/mol. The van der Waals surface area contributed by atoms with Crippen LogP contribution < -0.4 is 21.3 Å². The number of nitrogens with two attached hydrogens (primary N) is 1. The molecular weight excluding hydrogens is 665 g/mol. The van der Waals surface area contributed by atoms with Gasteiger partial charge < -0.3 is 21.3 Å². The molecule has 1 fully saturated rings. The predicted octanol–water partition coefficient (Wildman–Crippen LogP) is 6.71. The van der Waals surface area contributed by atoms with Crippen molar-refractivity contribution in [1.82, 2.24) is 19.3 Å². The van der Waals surface area contributed by atoms with Crippen LogP contribution in [0.3, 0.4) is 0 Å². The summed E-state index contributed by atoms with van der Waals surface area (Å²) in [6.07, 6.45) is 3.84. The fourth-order valence-corrected chi connectivity index (χ4v) is 7.28. The molecule has 0 radical (unpaired) electrons. The number of hydrogen-bond acceptors (Lipinski definition) is 7. The van der Waals surface area contributed by atoms with Gasteiger partial charge >= 0.3 is 0 Å². The van der Waals surface area contributed by atoms with Crippen molar-refractivity contribution in [1.29, 1.82) is 0 Å². The molecule has 0 amide bonds. The van der Waals surface area contributed by atoms with Crippen LogP contribution in [0.25, 0.3) is 11.2 Å². The highest BCUT2D eigenvalue weighted by Crippen LogP contribution is 2.37. The van der Waals surface area contributed by atoms with E-state index in [1.807, 2.05) is 36.1 Å². The maximum Gasteiger partial charge on any atom is 0.168 e. The molecular formula is C29H35FIN10P. The molecule has 3 aromatic heterocycles. The number of amidine groups is 2. The first-order valence-electron chi connectivity index (χ1n) is 13.9. The summed E-state index contributed by atoms with van der Waals surface area (Å²) in [6, 6.07) is 9.29. The van der Waals surface area contributed by atoms with Crippen molar-refractivity contribution in [2.75, 3.05) is 35.7 Å². The Hall–Kier alpha value is -3.38. The summed E-state index contributed by atoms with van der Waals surface area (Å²) < 4.78 is 17.2. The van der Waals surface area contributed by atoms with Gasteiger partial charge in [0.2, 0.25) is 0 Å². The molecule has 0 bridgehead atoms. The number of nitrogens with one attached hydrogen (secondary N) is 2. The minimum atomic E-state index is -0.302. The Kier molecular flexibility index (Phi) is 9.22. The quantitative estimate of drug-likeness (QED) is 0.0768. The third-order valence-electron chi connectivity index (χ3n) is 7.37. The van der Waals surface area contributed by atoms with E-state index in [1.54, 1.807) is 20.2 Å². The molecule has 1 aliphatic rings. The Morgan fingerprint density at radius 2 is 1.95 bits per heavy atom. The fraction of sp³-hybridized carbons (Fsp3) is 0.345. The molecule has 42 heavy (non-hydrogen) atoms. The molecule has 5 rings (SSSR count). The first kappa shape index (κ1) is 30.1. The molecule has 0 saturated carbocycles. The van der Waals surface area contributed by atoms with Gasteiger partial charge in [0.1, 0.15) is 23.0 Å². The molecule has 13 heteroatoms. The standard InChI is InChI=1S/C29H35FIN10P/c1-6-18-14-40(15-18)24-13-34-25(11-21(24)30)38-26-12-23(27-29(39-26)41(42-31)17(4)36-27)37-22-10-8-9-20(19(22)7-2)28(33-5)35-16(3)32/h8-13,18,42H,6-7,14-15H2,1-5H3,(H2,32,33,35)(H2,34,37,38,39). The number of anilines is 5. The number of aryl methyl sites for hydroxylation is 1. The summed E-state index contributed by atoms with van der Waals surface area (Å²) in [7, 11) is 1.71. The summed E-state index contributed by atoms with van der Waals surface area (Å²) in [6.45, 7) is 9.69. The van der Waals surface area contributed by atoms with Gasteiger partial charge in [-0.15, -0.1) is 0 Å². The van der Waals surface area contributed by atoms with Crippen LogP contribution in [0.15, 0.2) is 46.5 Å². The van der Waals surface area contributed by atoms with Crippen LogP contribution in [-0.4, -0.2) is 51.1 Å². The maximum absolute atomic E-state index is 15.1. The lowest BCUT2D eigenvalue weighted by Gasteiger charge is -2.40. The number of imidazole rings is 1. The minimum absolute atomic E-state index is 0.302. The number of rotatable bonds is 9. The van der Waals surface area contributed by atoms with Crippen LogP contribution in [0.2, 0.25) is 0 Å². The van der Waals surface area contributed by atoms with E-state index in [2.05, 4.69) is 65.8 Å². The number of halogens is 2. The third-order valence-corrected chi connectivity index (χ3v) is 9.52. The molecule has 220 valence electrons. The third kappa shape index (κ3) is 6.05. The first-order valence-corrected chi connectivity index (χ1v) is 17.9. The number of hydrogen-bond donors (Lipinski definition) is 3. The van der Waals surface area contributed by atoms with Crippen LogP contribution in [-0.2, 0) is 6.42 Å². The Labute approximate surface area is 259 Å². The molecule has 1 saturated heterocycles. The van der Waals surface area contributed by atoms with Gasteiger partial charge in [-0.3, -0.25) is 9.33 Å². The van der Waals surface area contributed by atoms with E-state index < -0.39 is 0 Å². The van der Waals surface area contributed by atoms with E-state index in [0.29, 0.717) is 41.3 Å². The molecule has 1 aliphatic heterocycles. The largest absolute Gasteiger partial charge is 0.387 e. The van der Waals surface area contributed by atoms with Crippen molar-refractivity contribution in [2.45, 2.75) is 40.5 Å². The lowest BCUT2D eigenvalue weighted by atomic mass is 9.97. The number of fused-ring (bicyclic) bond motifs is 1. The van der Waals surface area contributed by atoms with E-state index in [-0.39, 0.29) is 5.82 Å². The Morgan fingerprint density at radius 1 is 1.17 bits per heavy atom. The van der Waals surface area contributed by atoms with Gasteiger partial charge in [0.25, 0.3) is 0 Å². The number of nitrogens with zero attached hydrogens (tertiary/aromatic N) is 7. The second kappa shape index (κ2) is 12.9. The number of aromatic nitrogens is 4. The van der Waals surface area contributed by atoms with Gasteiger partial charge in [0, 0.05) is 43.5 Å². The van der Waals surface area contributed by atoms with Gasteiger partial charge in [-0.1, -0.05) is 26.0 Å². The number of aliphatic imine (C=N–C) groups is 2. The van der Waals surface area contributed by atoms with Crippen molar-refractivity contribution in [3.8, 4) is 0 Å². The zero-order valence-electron chi connectivity index (χ0n) is 24.3. The highest BCUT2D eigenvalue weighted by atomic mass is 127. The Balaban J connectivity index is 1.53. The van der Waals surface area contributed by atoms with Gasteiger partial charge in [-0.2, -0.15) is 0 Å². The molecule has 10 nitrogen and oxygen atoms in total. The molecule has 1 unspecified atom stereocenters. The highest BCUT2D eigenvalue weighted by molar-refractivity contribution is 14.2. The number of benzene rings is 1. The molecule has 4 N–H and O–H groups in total. The molecule has 0 aliphatic carbocycles. The summed E-state index contributed by atoms with van der Waals surface area (Å²) >= 11 is 2.33. The summed E-state index contributed by atoms with van der Waals surface area (Å²) in [5.74, 6) is 3.10. The average molecular weight is 701 g/mol. The van der Waals surface area contributed by atoms with Crippen LogP contribution in [0.1, 0.15) is 44.1 Å². The number of pyridine rings is 2. The summed E-state index contributed by atoms with van der Waals surface area (Å²) in [5.41, 5.74) is 11.5. The van der Waals surface area contributed by atoms with E-state index >= 15 is 4.39 Å². The molecule has 1 aromatic carbocycles. The lowest BCUT2D eigenvalue weighted by molar-refractivity contribution is 0.393. The smallest absolute Gasteiger partial charge is 0.168 e. The second-order valence-corrected chi connectivity index (χ2v) is 12.3. The summed E-state index contributed by atoms with van der Waals surface area (Å²) in [5, 5.41) is 6.82. The fourth-order valence-electron chi connectivity index (χ4n) is 5.13. The van der Waals surface area contributed by atoms with E-state index in [0.717, 1.165) is 65.4 Å². The zero-order chi connectivity index (χ0) is 30.0. The molecule has 1 atom stereocenters. The van der Waals surface area contributed by atoms with Crippen molar-refractivity contribution >= 4 is 79.9 Å². The monoisotopic (exact) mass is 700 g/mol. The second-order valence-electron chi connectivity index (χ2n) is 10.2. The van der Waals surface area contributed by atoms with Crippen molar-refractivity contribution < 1.29 is 4.39 Å². The van der Waals surface area contributed by atoms with Gasteiger partial charge in [-0.05, 0) is 66.3 Å². The SMILES string of the molecule is CCc1c(Nc2cc(Nc3cc(F)c(N4CC(CC)C4)cn3)nc3c2nc(C)n3PI)cccc1C(N=C(C)N)=NC. The van der Waals surface area contributed by atoms with E-state index in [9.17, 15) is 0 Å². The normalized spacial score (nSPS) is 14.7. The van der Waals surface area contributed by atoms with Crippen molar-refractivity contribution in [2.24, 2.45) is 21.6 Å². The zero-order valence-corrected chi connectivity index (χ0v) is 27.5.